The molecule has 1 N–H and O–H groups in total. The number of fused-ring (bicyclic) bond motifs is 7. The highest BCUT2D eigenvalue weighted by Crippen LogP contribution is 2.62. The van der Waals surface area contributed by atoms with E-state index in [2.05, 4.69) is 5.32 Å². The Hall–Kier alpha value is -5.24. The zero-order valence-corrected chi connectivity index (χ0v) is 22.1. The number of nitrogens with one attached hydrogen (secondary N) is 1. The number of carbonyl (C=O) groups is 3. The lowest BCUT2D eigenvalue weighted by Crippen LogP contribution is -2.49. The molecule has 1 saturated heterocycles. The average molecular weight is 559 g/mol. The summed E-state index contributed by atoms with van der Waals surface area (Å²) in [5.41, 5.74) is 2.08. The molecule has 42 heavy (non-hydrogen) atoms. The van der Waals surface area contributed by atoms with Gasteiger partial charge in [0.2, 0.25) is 12.7 Å². The van der Waals surface area contributed by atoms with Crippen LogP contribution in [0.3, 0.4) is 0 Å². The molecule has 1 amide bonds. The highest BCUT2D eigenvalue weighted by molar-refractivity contribution is 6.16. The summed E-state index contributed by atoms with van der Waals surface area (Å²) >= 11 is 0. The highest BCUT2D eigenvalue weighted by Gasteiger charge is 2.70. The van der Waals surface area contributed by atoms with Crippen LogP contribution in [-0.2, 0) is 10.2 Å². The zero-order valence-electron chi connectivity index (χ0n) is 22.1. The molecule has 8 rings (SSSR count). The van der Waals surface area contributed by atoms with E-state index >= 15 is 0 Å². The standard InChI is InChI=1S/C34H23FN2O5/c35-22-12-9-20(10-13-22)30(38)28-29(31(39)21-11-14-26-27(17-21)42-18-41-26)37-16-15-19-5-1-2-6-23(19)32(37)34(28)24-7-3-4-8-25(24)36-33(34)40/h1-17,28-29,32H,18H2,(H,36,40)/t28-,29+,32+,34-/m1/s1. The van der Waals surface area contributed by atoms with Crippen molar-refractivity contribution in [1.29, 1.82) is 0 Å². The van der Waals surface area contributed by atoms with Crippen molar-refractivity contribution in [2.75, 3.05) is 12.1 Å². The predicted molar refractivity (Wildman–Crippen MR) is 152 cm³/mol. The topological polar surface area (TPSA) is 84.9 Å². The largest absolute Gasteiger partial charge is 0.454 e. The fourth-order valence-corrected chi connectivity index (χ4v) is 7.18. The van der Waals surface area contributed by atoms with Crippen molar-refractivity contribution in [1.82, 2.24) is 4.90 Å². The van der Waals surface area contributed by atoms with E-state index in [4.69, 9.17) is 9.47 Å². The number of amides is 1. The van der Waals surface area contributed by atoms with Crippen molar-refractivity contribution in [3.63, 3.8) is 0 Å². The molecule has 4 aliphatic rings. The average Bonchev–Trinajstić information content (AvgIpc) is 3.70. The normalized spacial score (nSPS) is 24.3. The first kappa shape index (κ1) is 24.5. The molecule has 0 saturated carbocycles. The van der Waals surface area contributed by atoms with Crippen molar-refractivity contribution < 1.29 is 28.2 Å². The number of ether oxygens (including phenoxy) is 2. The van der Waals surface area contributed by atoms with Gasteiger partial charge in [0.1, 0.15) is 17.3 Å². The maximum absolute atomic E-state index is 14.7. The Kier molecular flexibility index (Phi) is 5.19. The van der Waals surface area contributed by atoms with E-state index in [9.17, 15) is 18.8 Å². The van der Waals surface area contributed by atoms with Crippen molar-refractivity contribution in [3.8, 4) is 11.5 Å². The van der Waals surface area contributed by atoms with Gasteiger partial charge in [-0.2, -0.15) is 0 Å². The Labute approximate surface area is 240 Å². The van der Waals surface area contributed by atoms with E-state index in [-0.39, 0.29) is 24.0 Å². The van der Waals surface area contributed by atoms with Gasteiger partial charge in [0.05, 0.1) is 12.0 Å². The number of rotatable bonds is 4. The monoisotopic (exact) mass is 558 g/mol. The van der Waals surface area contributed by atoms with Gasteiger partial charge in [0.15, 0.2) is 23.1 Å². The molecule has 1 fully saturated rings. The number of hydrogen-bond acceptors (Lipinski definition) is 6. The fourth-order valence-electron chi connectivity index (χ4n) is 7.18. The summed E-state index contributed by atoms with van der Waals surface area (Å²) < 4.78 is 24.9. The quantitative estimate of drug-likeness (QED) is 0.332. The van der Waals surface area contributed by atoms with Crippen LogP contribution in [0, 0.1) is 11.7 Å². The molecule has 8 heteroatoms. The van der Waals surface area contributed by atoms with Crippen molar-refractivity contribution in [3.05, 3.63) is 131 Å². The molecule has 0 radical (unpaired) electrons. The van der Waals surface area contributed by atoms with Gasteiger partial charge in [0.25, 0.3) is 0 Å². The third-order valence-electron chi connectivity index (χ3n) is 8.91. The van der Waals surface area contributed by atoms with Crippen LogP contribution in [0.25, 0.3) is 6.08 Å². The molecule has 206 valence electrons. The third-order valence-corrected chi connectivity index (χ3v) is 8.91. The van der Waals surface area contributed by atoms with Crippen LogP contribution in [-0.4, -0.2) is 35.2 Å². The molecule has 4 aliphatic heterocycles. The van der Waals surface area contributed by atoms with Crippen LogP contribution < -0.4 is 14.8 Å². The van der Waals surface area contributed by atoms with Crippen LogP contribution >= 0.6 is 0 Å². The van der Waals surface area contributed by atoms with Gasteiger partial charge in [-0.15, -0.1) is 0 Å². The molecular weight excluding hydrogens is 535 g/mol. The van der Waals surface area contributed by atoms with Gasteiger partial charge in [-0.25, -0.2) is 4.39 Å². The molecule has 0 bridgehead atoms. The molecular formula is C34H23FN2O5. The minimum atomic E-state index is -1.46. The summed E-state index contributed by atoms with van der Waals surface area (Å²) in [7, 11) is 0. The summed E-state index contributed by atoms with van der Waals surface area (Å²) in [5.74, 6) is -1.77. The minimum absolute atomic E-state index is 0.0515. The number of hydrogen-bond donors (Lipinski definition) is 1. The Morgan fingerprint density at radius 1 is 0.857 bits per heavy atom. The third kappa shape index (κ3) is 3.23. The van der Waals surface area contributed by atoms with Gasteiger partial charge in [-0.3, -0.25) is 14.4 Å². The highest BCUT2D eigenvalue weighted by atomic mass is 19.1. The lowest BCUT2D eigenvalue weighted by Gasteiger charge is -2.38. The Morgan fingerprint density at radius 3 is 2.45 bits per heavy atom. The second kappa shape index (κ2) is 8.88. The summed E-state index contributed by atoms with van der Waals surface area (Å²) in [6, 6.07) is 23.5. The molecule has 0 aliphatic carbocycles. The first-order valence-electron chi connectivity index (χ1n) is 13.7. The summed E-state index contributed by atoms with van der Waals surface area (Å²) in [6.45, 7) is 0.0515. The number of para-hydroxylation sites is 1. The van der Waals surface area contributed by atoms with Crippen molar-refractivity contribution in [2.24, 2.45) is 5.92 Å². The van der Waals surface area contributed by atoms with Gasteiger partial charge in [-0.1, -0.05) is 42.5 Å². The van der Waals surface area contributed by atoms with Crippen LogP contribution in [0.4, 0.5) is 10.1 Å². The number of anilines is 1. The zero-order chi connectivity index (χ0) is 28.6. The van der Waals surface area contributed by atoms with Gasteiger partial charge in [0, 0.05) is 23.0 Å². The Balaban J connectivity index is 1.40. The van der Waals surface area contributed by atoms with E-state index in [1.54, 1.807) is 18.2 Å². The van der Waals surface area contributed by atoms with E-state index < -0.39 is 35.0 Å². The number of Topliss-reactive ketones (excluding diaryl/α,β-unsaturated/α-hetero) is 2. The van der Waals surface area contributed by atoms with E-state index in [0.29, 0.717) is 28.3 Å². The van der Waals surface area contributed by atoms with E-state index in [1.807, 2.05) is 65.7 Å². The van der Waals surface area contributed by atoms with Crippen molar-refractivity contribution >= 4 is 29.2 Å². The number of carbonyl (C=O) groups excluding carboxylic acids is 3. The lowest BCUT2D eigenvalue weighted by molar-refractivity contribution is -0.122. The first-order chi connectivity index (χ1) is 20.5. The SMILES string of the molecule is O=C(c1ccc2c(c1)OCO2)[C@@H]1[C@H](C(=O)c2ccc(F)cc2)[C@@]2(C(=O)Nc3ccccc32)[C@@H]2c3ccccc3C=CN12. The molecule has 4 heterocycles. The van der Waals surface area contributed by atoms with Crippen LogP contribution in [0.5, 0.6) is 11.5 Å². The summed E-state index contributed by atoms with van der Waals surface area (Å²) in [6.07, 6.45) is 3.72. The molecule has 1 spiro atoms. The molecule has 7 nitrogen and oxygen atoms in total. The minimum Gasteiger partial charge on any atom is -0.454 e. The molecule has 0 aromatic heterocycles. The van der Waals surface area contributed by atoms with E-state index in [1.165, 1.54) is 24.3 Å². The summed E-state index contributed by atoms with van der Waals surface area (Å²) in [4.78, 5) is 45.7. The lowest BCUT2D eigenvalue weighted by atomic mass is 9.62. The number of nitrogens with zero attached hydrogens (tertiary/aromatic N) is 1. The van der Waals surface area contributed by atoms with Gasteiger partial charge < -0.3 is 19.7 Å². The van der Waals surface area contributed by atoms with E-state index in [0.717, 1.165) is 11.1 Å². The van der Waals surface area contributed by atoms with Gasteiger partial charge in [-0.05, 0) is 71.3 Å². The van der Waals surface area contributed by atoms with Crippen LogP contribution in [0.2, 0.25) is 0 Å². The van der Waals surface area contributed by atoms with Gasteiger partial charge >= 0.3 is 0 Å². The van der Waals surface area contributed by atoms with Crippen LogP contribution in [0.1, 0.15) is 43.4 Å². The molecule has 4 atom stereocenters. The number of halogens is 1. The number of ketones is 2. The number of benzene rings is 4. The fraction of sp³-hybridized carbons (Fsp3) is 0.147. The van der Waals surface area contributed by atoms with Crippen LogP contribution in [0.15, 0.2) is 97.2 Å². The predicted octanol–water partition coefficient (Wildman–Crippen LogP) is 5.54. The smallest absolute Gasteiger partial charge is 0.238 e. The second-order valence-electron chi connectivity index (χ2n) is 10.9. The molecule has 4 aromatic carbocycles. The maximum Gasteiger partial charge on any atom is 0.238 e. The maximum atomic E-state index is 14.7. The first-order valence-corrected chi connectivity index (χ1v) is 13.7. The molecule has 0 unspecified atom stereocenters. The second-order valence-corrected chi connectivity index (χ2v) is 10.9. The Bertz CT molecular complexity index is 1850. The summed E-state index contributed by atoms with van der Waals surface area (Å²) in [5, 5.41) is 3.02. The molecule has 4 aromatic rings. The van der Waals surface area contributed by atoms with Crippen molar-refractivity contribution in [2.45, 2.75) is 17.5 Å². The Morgan fingerprint density at radius 2 is 1.60 bits per heavy atom.